The molecule has 4 rings (SSSR count). The van der Waals surface area contributed by atoms with Gasteiger partial charge in [-0.3, -0.25) is 4.79 Å². The molecule has 0 saturated heterocycles. The number of ether oxygens (including phenoxy) is 2. The van der Waals surface area contributed by atoms with Gasteiger partial charge < -0.3 is 20.1 Å². The zero-order valence-electron chi connectivity index (χ0n) is 16.3. The Morgan fingerprint density at radius 1 is 1.10 bits per heavy atom. The van der Waals surface area contributed by atoms with Crippen LogP contribution >= 0.6 is 0 Å². The van der Waals surface area contributed by atoms with Gasteiger partial charge in [-0.05, 0) is 44.0 Å². The van der Waals surface area contributed by atoms with Gasteiger partial charge in [0.2, 0.25) is 12.7 Å². The van der Waals surface area contributed by atoms with Gasteiger partial charge in [-0.25, -0.2) is 8.78 Å². The molecule has 1 aliphatic carbocycles. The average molecular weight is 402 g/mol. The van der Waals surface area contributed by atoms with Gasteiger partial charge in [0.15, 0.2) is 11.5 Å². The van der Waals surface area contributed by atoms with E-state index in [0.717, 1.165) is 12.8 Å². The van der Waals surface area contributed by atoms with Crippen LogP contribution in [0.25, 0.3) is 0 Å². The number of benzene rings is 2. The predicted octanol–water partition coefficient (Wildman–Crippen LogP) is 4.12. The minimum absolute atomic E-state index is 0.133. The van der Waals surface area contributed by atoms with E-state index in [9.17, 15) is 13.6 Å². The lowest BCUT2D eigenvalue weighted by molar-refractivity contribution is -0.117. The minimum atomic E-state index is -0.636. The van der Waals surface area contributed by atoms with E-state index in [1.54, 1.807) is 25.1 Å². The number of hydrogen-bond donors (Lipinski definition) is 2. The lowest BCUT2D eigenvalue weighted by Crippen LogP contribution is -2.45. The number of rotatable bonds is 6. The van der Waals surface area contributed by atoms with E-state index in [2.05, 4.69) is 10.6 Å². The first-order valence-corrected chi connectivity index (χ1v) is 9.87. The molecule has 154 valence electrons. The van der Waals surface area contributed by atoms with Crippen molar-refractivity contribution in [3.8, 4) is 11.5 Å². The van der Waals surface area contributed by atoms with Crippen LogP contribution in [0.1, 0.15) is 38.2 Å². The first kappa shape index (κ1) is 19.6. The average Bonchev–Trinajstić information content (AvgIpc) is 3.35. The molecule has 0 bridgehead atoms. The third-order valence-corrected chi connectivity index (χ3v) is 5.83. The van der Waals surface area contributed by atoms with Crippen LogP contribution < -0.4 is 20.1 Å². The molecule has 1 unspecified atom stereocenters. The molecule has 2 aliphatic rings. The van der Waals surface area contributed by atoms with Crippen LogP contribution in [-0.2, 0) is 10.2 Å². The summed E-state index contributed by atoms with van der Waals surface area (Å²) in [6.45, 7) is 2.24. The molecular formula is C22H24F2N2O3. The molecule has 2 N–H and O–H groups in total. The van der Waals surface area contributed by atoms with Crippen molar-refractivity contribution in [1.82, 2.24) is 5.32 Å². The number of carbonyl (C=O) groups is 1. The van der Waals surface area contributed by atoms with Crippen LogP contribution in [0.5, 0.6) is 11.5 Å². The van der Waals surface area contributed by atoms with Crippen LogP contribution in [0.15, 0.2) is 36.4 Å². The highest BCUT2D eigenvalue weighted by Gasteiger charge is 2.40. The third-order valence-electron chi connectivity index (χ3n) is 5.83. The van der Waals surface area contributed by atoms with Crippen molar-refractivity contribution >= 4 is 11.6 Å². The van der Waals surface area contributed by atoms with Crippen molar-refractivity contribution in [1.29, 1.82) is 0 Å². The number of hydrogen-bond acceptors (Lipinski definition) is 4. The van der Waals surface area contributed by atoms with Gasteiger partial charge in [0.25, 0.3) is 0 Å². The molecule has 1 amide bonds. The first-order chi connectivity index (χ1) is 14.0. The quantitative estimate of drug-likeness (QED) is 0.763. The molecule has 7 heteroatoms. The van der Waals surface area contributed by atoms with Crippen LogP contribution in [-0.4, -0.2) is 25.3 Å². The van der Waals surface area contributed by atoms with E-state index >= 15 is 0 Å². The molecular weight excluding hydrogens is 378 g/mol. The Balaban J connectivity index is 1.43. The Kier molecular flexibility index (Phi) is 5.41. The van der Waals surface area contributed by atoms with Crippen molar-refractivity contribution in [2.45, 2.75) is 44.1 Å². The summed E-state index contributed by atoms with van der Waals surface area (Å²) in [5.41, 5.74) is 0.0971. The van der Waals surface area contributed by atoms with Crippen molar-refractivity contribution < 1.29 is 23.0 Å². The minimum Gasteiger partial charge on any atom is -0.454 e. The van der Waals surface area contributed by atoms with Crippen molar-refractivity contribution in [3.63, 3.8) is 0 Å². The summed E-state index contributed by atoms with van der Waals surface area (Å²) in [6, 6.07) is 8.64. The van der Waals surface area contributed by atoms with E-state index in [1.165, 1.54) is 18.2 Å². The highest BCUT2D eigenvalue weighted by atomic mass is 19.1. The lowest BCUT2D eigenvalue weighted by atomic mass is 9.78. The predicted molar refractivity (Wildman–Crippen MR) is 105 cm³/mol. The maximum atomic E-state index is 14.5. The summed E-state index contributed by atoms with van der Waals surface area (Å²) in [6.07, 6.45) is 3.20. The van der Waals surface area contributed by atoms with Gasteiger partial charge in [-0.1, -0.05) is 18.9 Å². The summed E-state index contributed by atoms with van der Waals surface area (Å²) in [7, 11) is 0. The second-order valence-electron chi connectivity index (χ2n) is 7.74. The van der Waals surface area contributed by atoms with Gasteiger partial charge in [-0.15, -0.1) is 0 Å². The Morgan fingerprint density at radius 3 is 2.52 bits per heavy atom. The maximum Gasteiger partial charge on any atom is 0.241 e. The smallest absolute Gasteiger partial charge is 0.241 e. The summed E-state index contributed by atoms with van der Waals surface area (Å²) in [4.78, 5) is 12.6. The Hall–Kier alpha value is -2.67. The number of amides is 1. The molecule has 2 aromatic rings. The van der Waals surface area contributed by atoms with Gasteiger partial charge >= 0.3 is 0 Å². The van der Waals surface area contributed by atoms with Gasteiger partial charge in [0.1, 0.15) is 11.6 Å². The Bertz CT molecular complexity index is 893. The second kappa shape index (κ2) is 7.99. The number of anilines is 1. The normalized spacial score (nSPS) is 17.9. The third kappa shape index (κ3) is 3.92. The highest BCUT2D eigenvalue weighted by molar-refractivity contribution is 5.94. The van der Waals surface area contributed by atoms with Crippen LogP contribution in [0.4, 0.5) is 14.5 Å². The van der Waals surface area contributed by atoms with Crippen molar-refractivity contribution in [2.24, 2.45) is 0 Å². The summed E-state index contributed by atoms with van der Waals surface area (Å²) >= 11 is 0. The monoisotopic (exact) mass is 402 g/mol. The zero-order chi connectivity index (χ0) is 20.4. The molecule has 0 aromatic heterocycles. The first-order valence-electron chi connectivity index (χ1n) is 9.87. The largest absolute Gasteiger partial charge is 0.454 e. The van der Waals surface area contributed by atoms with E-state index in [1.807, 2.05) is 0 Å². The molecule has 1 atom stereocenters. The Labute approximate surface area is 168 Å². The summed E-state index contributed by atoms with van der Waals surface area (Å²) in [5, 5.41) is 6.03. The maximum absolute atomic E-state index is 14.5. The number of halogens is 2. The molecule has 1 heterocycles. The van der Waals surface area contributed by atoms with E-state index in [4.69, 9.17) is 9.47 Å². The fourth-order valence-corrected chi connectivity index (χ4v) is 4.24. The number of fused-ring (bicyclic) bond motifs is 1. The fraction of sp³-hybridized carbons (Fsp3) is 0.409. The second-order valence-corrected chi connectivity index (χ2v) is 7.74. The van der Waals surface area contributed by atoms with Gasteiger partial charge in [0, 0.05) is 29.3 Å². The molecule has 0 radical (unpaired) electrons. The van der Waals surface area contributed by atoms with Crippen LogP contribution in [0, 0.1) is 11.6 Å². The lowest BCUT2D eigenvalue weighted by Gasteiger charge is -2.32. The Morgan fingerprint density at radius 2 is 1.79 bits per heavy atom. The molecule has 1 aliphatic heterocycles. The molecule has 2 aromatic carbocycles. The van der Waals surface area contributed by atoms with Gasteiger partial charge in [0.05, 0.1) is 6.04 Å². The van der Waals surface area contributed by atoms with E-state index < -0.39 is 23.1 Å². The SMILES string of the molecule is CC(NCC1(c2c(F)cccc2F)CCCC1)C(=O)Nc1ccc2c(c1)OCO2. The molecule has 0 spiro atoms. The number of carbonyl (C=O) groups excluding carboxylic acids is 1. The zero-order valence-corrected chi connectivity index (χ0v) is 16.3. The number of nitrogens with one attached hydrogen (secondary N) is 2. The molecule has 1 fully saturated rings. The van der Waals surface area contributed by atoms with Crippen molar-refractivity contribution in [2.75, 3.05) is 18.7 Å². The topological polar surface area (TPSA) is 59.6 Å². The molecule has 1 saturated carbocycles. The summed E-state index contributed by atoms with van der Waals surface area (Å²) in [5.74, 6) is -0.0454. The standard InChI is InChI=1S/C22H24F2N2O3/c1-14(21(27)26-15-7-8-18-19(11-15)29-13-28-18)25-12-22(9-2-3-10-22)20-16(23)5-4-6-17(20)24/h4-8,11,14,25H,2-3,9-10,12-13H2,1H3,(H,26,27). The molecule has 29 heavy (non-hydrogen) atoms. The van der Waals surface area contributed by atoms with Crippen molar-refractivity contribution in [3.05, 3.63) is 53.6 Å². The summed E-state index contributed by atoms with van der Waals surface area (Å²) < 4.78 is 39.5. The molecule has 5 nitrogen and oxygen atoms in total. The van der Waals surface area contributed by atoms with Crippen LogP contribution in [0.3, 0.4) is 0 Å². The van der Waals surface area contributed by atoms with Gasteiger partial charge in [-0.2, -0.15) is 0 Å². The van der Waals surface area contributed by atoms with Crippen LogP contribution in [0.2, 0.25) is 0 Å². The van der Waals surface area contributed by atoms with E-state index in [0.29, 0.717) is 36.6 Å². The highest BCUT2D eigenvalue weighted by Crippen LogP contribution is 2.43. The van der Waals surface area contributed by atoms with E-state index in [-0.39, 0.29) is 18.3 Å². The fourth-order valence-electron chi connectivity index (χ4n) is 4.24.